The maximum Gasteiger partial charge on any atom is 0.164 e. The fraction of sp³-hybridized carbons (Fsp3) is 0. The van der Waals surface area contributed by atoms with E-state index in [1.54, 1.807) is 0 Å². The van der Waals surface area contributed by atoms with E-state index in [-0.39, 0.29) is 0 Å². The molecule has 0 saturated heterocycles. The number of fused-ring (bicyclic) bond motifs is 9. The molecule has 0 N–H and O–H groups in total. The summed E-state index contributed by atoms with van der Waals surface area (Å²) in [5.41, 5.74) is 11.1. The average molecular weight is 730 g/mol. The number of para-hydroxylation sites is 4. The molecule has 12 aromatic rings. The first-order valence-electron chi connectivity index (χ1n) is 19.1. The van der Waals surface area contributed by atoms with Crippen molar-refractivity contribution < 1.29 is 4.42 Å². The summed E-state index contributed by atoms with van der Waals surface area (Å²) in [4.78, 5) is 15.5. The highest BCUT2D eigenvalue weighted by Gasteiger charge is 2.20. The molecule has 0 atom stereocenters. The van der Waals surface area contributed by atoms with Crippen molar-refractivity contribution in [2.24, 2.45) is 0 Å². The average Bonchev–Trinajstić information content (AvgIpc) is 3.94. The van der Waals surface area contributed by atoms with Crippen LogP contribution >= 0.6 is 0 Å². The molecular formula is C51H31N5O. The van der Waals surface area contributed by atoms with E-state index in [2.05, 4.69) is 137 Å². The number of hydrogen-bond donors (Lipinski definition) is 0. The Morgan fingerprint density at radius 2 is 0.877 bits per heavy atom. The molecule has 8 aromatic carbocycles. The second kappa shape index (κ2) is 12.3. The fourth-order valence-corrected chi connectivity index (χ4v) is 8.64. The van der Waals surface area contributed by atoms with Gasteiger partial charge in [-0.15, -0.1) is 0 Å². The summed E-state index contributed by atoms with van der Waals surface area (Å²) < 4.78 is 11.0. The van der Waals surface area contributed by atoms with Gasteiger partial charge in [0.2, 0.25) is 0 Å². The molecule has 0 bridgehead atoms. The molecule has 0 spiro atoms. The summed E-state index contributed by atoms with van der Waals surface area (Å²) >= 11 is 0. The van der Waals surface area contributed by atoms with Gasteiger partial charge in [-0.05, 0) is 54.6 Å². The maximum absolute atomic E-state index is 6.28. The lowest BCUT2D eigenvalue weighted by molar-refractivity contribution is 0.669. The summed E-state index contributed by atoms with van der Waals surface area (Å²) in [6, 6.07) is 65.6. The van der Waals surface area contributed by atoms with E-state index >= 15 is 0 Å². The smallest absolute Gasteiger partial charge is 0.164 e. The maximum atomic E-state index is 6.28. The van der Waals surface area contributed by atoms with E-state index < -0.39 is 0 Å². The minimum Gasteiger partial charge on any atom is -0.456 e. The molecule has 0 aliphatic carbocycles. The van der Waals surface area contributed by atoms with E-state index in [9.17, 15) is 0 Å². The van der Waals surface area contributed by atoms with Gasteiger partial charge >= 0.3 is 0 Å². The molecule has 4 aromatic heterocycles. The summed E-state index contributed by atoms with van der Waals surface area (Å²) in [5.74, 6) is 1.80. The first-order chi connectivity index (χ1) is 28.3. The van der Waals surface area contributed by atoms with Crippen molar-refractivity contribution in [2.45, 2.75) is 0 Å². The molecule has 6 nitrogen and oxygen atoms in total. The fourth-order valence-electron chi connectivity index (χ4n) is 8.64. The van der Waals surface area contributed by atoms with Gasteiger partial charge in [-0.1, -0.05) is 133 Å². The minimum absolute atomic E-state index is 0.593. The molecule has 0 aliphatic rings. The van der Waals surface area contributed by atoms with Crippen molar-refractivity contribution in [1.82, 2.24) is 24.1 Å². The number of rotatable bonds is 5. The largest absolute Gasteiger partial charge is 0.456 e. The van der Waals surface area contributed by atoms with Crippen LogP contribution in [0.3, 0.4) is 0 Å². The van der Waals surface area contributed by atoms with Gasteiger partial charge in [-0.3, -0.25) is 0 Å². The first kappa shape index (κ1) is 31.5. The van der Waals surface area contributed by atoms with Crippen LogP contribution in [0.15, 0.2) is 192 Å². The Balaban J connectivity index is 1.10. The van der Waals surface area contributed by atoms with Crippen molar-refractivity contribution >= 4 is 65.6 Å². The van der Waals surface area contributed by atoms with Crippen LogP contribution in [0.1, 0.15) is 0 Å². The Morgan fingerprint density at radius 1 is 0.333 bits per heavy atom. The predicted molar refractivity (Wildman–Crippen MR) is 232 cm³/mol. The summed E-state index contributed by atoms with van der Waals surface area (Å²) in [5, 5.41) is 6.80. The second-order valence-electron chi connectivity index (χ2n) is 14.4. The molecule has 0 fully saturated rings. The number of nitrogens with zero attached hydrogens (tertiary/aromatic N) is 5. The van der Waals surface area contributed by atoms with E-state index in [1.165, 1.54) is 21.7 Å². The molecule has 0 saturated carbocycles. The zero-order valence-corrected chi connectivity index (χ0v) is 30.5. The van der Waals surface area contributed by atoms with Crippen LogP contribution in [-0.2, 0) is 0 Å². The van der Waals surface area contributed by atoms with Crippen molar-refractivity contribution in [2.75, 3.05) is 0 Å². The van der Waals surface area contributed by atoms with Gasteiger partial charge in [-0.25, -0.2) is 15.0 Å². The lowest BCUT2D eigenvalue weighted by atomic mass is 10.1. The van der Waals surface area contributed by atoms with Crippen LogP contribution in [0.2, 0.25) is 0 Å². The van der Waals surface area contributed by atoms with Gasteiger partial charge in [0.25, 0.3) is 0 Å². The molecule has 6 heteroatoms. The normalized spacial score (nSPS) is 11.9. The van der Waals surface area contributed by atoms with Gasteiger partial charge in [0.05, 0.1) is 22.1 Å². The molecule has 0 radical (unpaired) electrons. The highest BCUT2D eigenvalue weighted by Crippen LogP contribution is 2.40. The van der Waals surface area contributed by atoms with Crippen LogP contribution in [0.25, 0.3) is 111 Å². The third-order valence-electron chi connectivity index (χ3n) is 11.2. The third-order valence-corrected chi connectivity index (χ3v) is 11.2. The summed E-state index contributed by atoms with van der Waals surface area (Å²) in [6.45, 7) is 0. The Morgan fingerprint density at radius 3 is 1.63 bits per heavy atom. The lowest BCUT2D eigenvalue weighted by Crippen LogP contribution is -2.01. The van der Waals surface area contributed by atoms with Crippen LogP contribution in [0.5, 0.6) is 0 Å². The quantitative estimate of drug-likeness (QED) is 0.177. The van der Waals surface area contributed by atoms with Gasteiger partial charge < -0.3 is 13.6 Å². The van der Waals surface area contributed by atoms with Crippen molar-refractivity contribution in [3.8, 4) is 45.5 Å². The Labute approximate surface area is 326 Å². The zero-order valence-electron chi connectivity index (χ0n) is 30.5. The molecular weight excluding hydrogens is 699 g/mol. The van der Waals surface area contributed by atoms with Crippen LogP contribution in [-0.4, -0.2) is 24.1 Å². The molecule has 0 unspecified atom stereocenters. The highest BCUT2D eigenvalue weighted by molar-refractivity contribution is 6.13. The Bertz CT molecular complexity index is 3520. The molecule has 0 amide bonds. The van der Waals surface area contributed by atoms with Crippen molar-refractivity contribution in [3.05, 3.63) is 188 Å². The first-order valence-corrected chi connectivity index (χ1v) is 19.1. The van der Waals surface area contributed by atoms with Crippen LogP contribution in [0, 0.1) is 0 Å². The van der Waals surface area contributed by atoms with Gasteiger partial charge in [0.15, 0.2) is 17.5 Å². The lowest BCUT2D eigenvalue weighted by Gasteiger charge is -2.12. The number of hydrogen-bond acceptors (Lipinski definition) is 4. The zero-order chi connectivity index (χ0) is 37.5. The van der Waals surface area contributed by atoms with Gasteiger partial charge in [0, 0.05) is 60.4 Å². The van der Waals surface area contributed by atoms with Crippen LogP contribution in [0.4, 0.5) is 0 Å². The Kier molecular flexibility index (Phi) is 6.83. The summed E-state index contributed by atoms with van der Waals surface area (Å²) in [7, 11) is 0. The second-order valence-corrected chi connectivity index (χ2v) is 14.4. The SMILES string of the molecule is c1ccc(-c2nc(-c3ccc4c5ccccc5n(-c5ccc6c7ccccc7n(-c7ccccc7)c6c5)c4c3)nc(-c3cccc4oc5ccccc5c34)n2)cc1. The Hall–Kier alpha value is -7.83. The summed E-state index contributed by atoms with van der Waals surface area (Å²) in [6.07, 6.45) is 0. The predicted octanol–water partition coefficient (Wildman–Crippen LogP) is 13.0. The molecule has 0 aliphatic heterocycles. The molecule has 12 rings (SSSR count). The van der Waals surface area contributed by atoms with E-state index in [1.807, 2.05) is 60.7 Å². The number of benzene rings is 8. The van der Waals surface area contributed by atoms with E-state index in [0.717, 1.165) is 71.9 Å². The number of aromatic nitrogens is 5. The third kappa shape index (κ3) is 4.87. The highest BCUT2D eigenvalue weighted by atomic mass is 16.3. The van der Waals surface area contributed by atoms with E-state index in [0.29, 0.717) is 17.5 Å². The van der Waals surface area contributed by atoms with Crippen LogP contribution < -0.4 is 0 Å². The van der Waals surface area contributed by atoms with Crippen molar-refractivity contribution in [1.29, 1.82) is 0 Å². The molecule has 57 heavy (non-hydrogen) atoms. The number of furan rings is 1. The van der Waals surface area contributed by atoms with Gasteiger partial charge in [0.1, 0.15) is 11.2 Å². The minimum atomic E-state index is 0.593. The standard InChI is InChI=1S/C51H31N5O/c1-3-14-32(15-4-1)49-52-50(54-51(53-49)41-21-13-25-47-48(41)40-20-9-12-24-46(40)57-47)33-26-28-38-36-18-8-11-23-43(36)56(44(38)30-33)35-27-29-39-37-19-7-10-22-42(37)55(45(39)31-35)34-16-5-2-6-17-34/h1-31H. The van der Waals surface area contributed by atoms with Crippen molar-refractivity contribution in [3.63, 3.8) is 0 Å². The van der Waals surface area contributed by atoms with Gasteiger partial charge in [-0.2, -0.15) is 0 Å². The van der Waals surface area contributed by atoms with E-state index in [4.69, 9.17) is 19.4 Å². The molecule has 4 heterocycles. The monoisotopic (exact) mass is 729 g/mol. The topological polar surface area (TPSA) is 61.7 Å². The molecule has 266 valence electrons.